The largest absolute Gasteiger partial charge is 0.497 e. The third kappa shape index (κ3) is 3.34. The van der Waals surface area contributed by atoms with E-state index in [0.29, 0.717) is 0 Å². The molecular weight excluding hydrogens is 264 g/mol. The average molecular weight is 282 g/mol. The molecule has 0 aliphatic heterocycles. The van der Waals surface area contributed by atoms with Crippen LogP contribution < -0.4 is 10.1 Å². The standard InChI is InChI=1S/C17H18N2O2/c1-20-14-9-10-16-15(12-14)19-17(21-16)8-5-11-18-13-6-3-2-4-7-13/h2-4,6-7,9-10,12,18H,5,8,11H2,1H3. The lowest BCUT2D eigenvalue weighted by Gasteiger charge is -2.04. The highest BCUT2D eigenvalue weighted by molar-refractivity contribution is 5.74. The number of rotatable bonds is 6. The molecule has 0 spiro atoms. The number of hydrogen-bond acceptors (Lipinski definition) is 4. The van der Waals surface area contributed by atoms with Gasteiger partial charge in [-0.2, -0.15) is 0 Å². The van der Waals surface area contributed by atoms with Crippen molar-refractivity contribution in [3.63, 3.8) is 0 Å². The monoisotopic (exact) mass is 282 g/mol. The molecule has 0 saturated heterocycles. The number of benzene rings is 2. The van der Waals surface area contributed by atoms with Crippen molar-refractivity contribution in [2.24, 2.45) is 0 Å². The van der Waals surface area contributed by atoms with Crippen molar-refractivity contribution in [1.29, 1.82) is 0 Å². The van der Waals surface area contributed by atoms with E-state index in [2.05, 4.69) is 22.4 Å². The number of ether oxygens (including phenoxy) is 1. The quantitative estimate of drug-likeness (QED) is 0.697. The molecule has 0 fully saturated rings. The van der Waals surface area contributed by atoms with Crippen molar-refractivity contribution in [2.45, 2.75) is 12.8 Å². The summed E-state index contributed by atoms with van der Waals surface area (Å²) in [6, 6.07) is 15.9. The summed E-state index contributed by atoms with van der Waals surface area (Å²) in [5, 5.41) is 3.38. The molecule has 1 aromatic heterocycles. The molecule has 0 saturated carbocycles. The van der Waals surface area contributed by atoms with Crippen LogP contribution in [0.15, 0.2) is 52.9 Å². The Labute approximate surface area is 123 Å². The Morgan fingerprint density at radius 1 is 1.14 bits per heavy atom. The van der Waals surface area contributed by atoms with Gasteiger partial charge in [0.25, 0.3) is 0 Å². The van der Waals surface area contributed by atoms with E-state index in [-0.39, 0.29) is 0 Å². The van der Waals surface area contributed by atoms with Crippen molar-refractivity contribution in [1.82, 2.24) is 4.98 Å². The molecule has 0 radical (unpaired) electrons. The van der Waals surface area contributed by atoms with E-state index in [0.717, 1.165) is 47.8 Å². The second-order valence-electron chi connectivity index (χ2n) is 4.84. The summed E-state index contributed by atoms with van der Waals surface area (Å²) >= 11 is 0. The van der Waals surface area contributed by atoms with Gasteiger partial charge in [-0.15, -0.1) is 0 Å². The molecule has 0 unspecified atom stereocenters. The molecule has 1 N–H and O–H groups in total. The normalized spacial score (nSPS) is 10.7. The number of aryl methyl sites for hydroxylation is 1. The minimum absolute atomic E-state index is 0.771. The van der Waals surface area contributed by atoms with Crippen LogP contribution in [-0.2, 0) is 6.42 Å². The van der Waals surface area contributed by atoms with Gasteiger partial charge in [0.1, 0.15) is 11.3 Å². The third-order valence-corrected chi connectivity index (χ3v) is 3.31. The molecule has 21 heavy (non-hydrogen) atoms. The predicted molar refractivity (Wildman–Crippen MR) is 83.8 cm³/mol. The van der Waals surface area contributed by atoms with Crippen LogP contribution in [0.1, 0.15) is 12.3 Å². The first-order chi connectivity index (χ1) is 10.3. The summed E-state index contributed by atoms with van der Waals surface area (Å²) in [6.07, 6.45) is 1.79. The highest BCUT2D eigenvalue weighted by Gasteiger charge is 2.06. The number of nitrogens with zero attached hydrogens (tertiary/aromatic N) is 1. The van der Waals surface area contributed by atoms with Gasteiger partial charge in [-0.05, 0) is 30.7 Å². The number of anilines is 1. The molecule has 0 aliphatic rings. The number of aromatic nitrogens is 1. The summed E-state index contributed by atoms with van der Waals surface area (Å²) in [6.45, 7) is 0.895. The maximum Gasteiger partial charge on any atom is 0.195 e. The zero-order valence-electron chi connectivity index (χ0n) is 12.0. The molecule has 0 amide bonds. The molecule has 0 aliphatic carbocycles. The lowest BCUT2D eigenvalue weighted by molar-refractivity contribution is 0.415. The SMILES string of the molecule is COc1ccc2oc(CCCNc3ccccc3)nc2c1. The number of para-hydroxylation sites is 1. The Morgan fingerprint density at radius 2 is 2.00 bits per heavy atom. The number of nitrogens with one attached hydrogen (secondary N) is 1. The van der Waals surface area contributed by atoms with Crippen LogP contribution in [0.25, 0.3) is 11.1 Å². The molecule has 1 heterocycles. The number of oxazole rings is 1. The summed E-state index contributed by atoms with van der Waals surface area (Å²) in [5.74, 6) is 1.57. The van der Waals surface area contributed by atoms with Crippen LogP contribution in [0.2, 0.25) is 0 Å². The second kappa shape index (κ2) is 6.31. The Balaban J connectivity index is 1.55. The van der Waals surface area contributed by atoms with Gasteiger partial charge in [-0.1, -0.05) is 18.2 Å². The Bertz CT molecular complexity index is 707. The van der Waals surface area contributed by atoms with E-state index in [1.54, 1.807) is 7.11 Å². The highest BCUT2D eigenvalue weighted by atomic mass is 16.5. The lowest BCUT2D eigenvalue weighted by Crippen LogP contribution is -2.02. The molecule has 0 atom stereocenters. The van der Waals surface area contributed by atoms with Crippen molar-refractivity contribution >= 4 is 16.8 Å². The van der Waals surface area contributed by atoms with Crippen molar-refractivity contribution < 1.29 is 9.15 Å². The number of hydrogen-bond donors (Lipinski definition) is 1. The summed E-state index contributed by atoms with van der Waals surface area (Å²) in [5.41, 5.74) is 2.79. The van der Waals surface area contributed by atoms with E-state index in [4.69, 9.17) is 9.15 Å². The first kappa shape index (κ1) is 13.5. The van der Waals surface area contributed by atoms with Crippen LogP contribution in [-0.4, -0.2) is 18.6 Å². The van der Waals surface area contributed by atoms with Crippen molar-refractivity contribution in [2.75, 3.05) is 19.0 Å². The van der Waals surface area contributed by atoms with E-state index in [1.807, 2.05) is 36.4 Å². The minimum atomic E-state index is 0.771. The van der Waals surface area contributed by atoms with Crippen LogP contribution in [0.5, 0.6) is 5.75 Å². The number of methoxy groups -OCH3 is 1. The topological polar surface area (TPSA) is 47.3 Å². The Hall–Kier alpha value is -2.49. The molecule has 3 aromatic rings. The van der Waals surface area contributed by atoms with Gasteiger partial charge < -0.3 is 14.5 Å². The first-order valence-electron chi connectivity index (χ1n) is 7.07. The van der Waals surface area contributed by atoms with Gasteiger partial charge in [0.2, 0.25) is 0 Å². The fourth-order valence-corrected chi connectivity index (χ4v) is 2.22. The first-order valence-corrected chi connectivity index (χ1v) is 7.07. The highest BCUT2D eigenvalue weighted by Crippen LogP contribution is 2.21. The zero-order valence-corrected chi connectivity index (χ0v) is 12.0. The van der Waals surface area contributed by atoms with Gasteiger partial charge in [-0.3, -0.25) is 0 Å². The fraction of sp³-hybridized carbons (Fsp3) is 0.235. The Morgan fingerprint density at radius 3 is 2.81 bits per heavy atom. The smallest absolute Gasteiger partial charge is 0.195 e. The van der Waals surface area contributed by atoms with Gasteiger partial charge >= 0.3 is 0 Å². The maximum absolute atomic E-state index is 5.73. The molecule has 4 heteroatoms. The molecule has 0 bridgehead atoms. The lowest BCUT2D eigenvalue weighted by atomic mass is 10.3. The van der Waals surface area contributed by atoms with Crippen LogP contribution in [0.4, 0.5) is 5.69 Å². The summed E-state index contributed by atoms with van der Waals surface area (Å²) in [7, 11) is 1.65. The third-order valence-electron chi connectivity index (χ3n) is 3.31. The minimum Gasteiger partial charge on any atom is -0.497 e. The van der Waals surface area contributed by atoms with Crippen LogP contribution in [0.3, 0.4) is 0 Å². The molecule has 2 aromatic carbocycles. The van der Waals surface area contributed by atoms with Crippen LogP contribution >= 0.6 is 0 Å². The van der Waals surface area contributed by atoms with E-state index in [1.165, 1.54) is 0 Å². The van der Waals surface area contributed by atoms with Gasteiger partial charge in [0.15, 0.2) is 11.5 Å². The van der Waals surface area contributed by atoms with Crippen LogP contribution in [0, 0.1) is 0 Å². The average Bonchev–Trinajstić information content (AvgIpc) is 2.94. The summed E-state index contributed by atoms with van der Waals surface area (Å²) in [4.78, 5) is 4.49. The molecule has 3 rings (SSSR count). The van der Waals surface area contributed by atoms with E-state index in [9.17, 15) is 0 Å². The Kier molecular flexibility index (Phi) is 4.05. The van der Waals surface area contributed by atoms with E-state index >= 15 is 0 Å². The van der Waals surface area contributed by atoms with Gasteiger partial charge in [0.05, 0.1) is 7.11 Å². The second-order valence-corrected chi connectivity index (χ2v) is 4.84. The number of fused-ring (bicyclic) bond motifs is 1. The fourth-order valence-electron chi connectivity index (χ4n) is 2.22. The summed E-state index contributed by atoms with van der Waals surface area (Å²) < 4.78 is 10.9. The molecule has 108 valence electrons. The zero-order chi connectivity index (χ0) is 14.5. The van der Waals surface area contributed by atoms with Crippen molar-refractivity contribution in [3.05, 3.63) is 54.4 Å². The predicted octanol–water partition coefficient (Wildman–Crippen LogP) is 3.88. The molecule has 4 nitrogen and oxygen atoms in total. The van der Waals surface area contributed by atoms with Crippen molar-refractivity contribution in [3.8, 4) is 5.75 Å². The van der Waals surface area contributed by atoms with Gasteiger partial charge in [-0.25, -0.2) is 4.98 Å². The van der Waals surface area contributed by atoms with Gasteiger partial charge in [0, 0.05) is 24.7 Å². The molecular formula is C17H18N2O2. The van der Waals surface area contributed by atoms with E-state index < -0.39 is 0 Å². The maximum atomic E-state index is 5.73.